The summed E-state index contributed by atoms with van der Waals surface area (Å²) in [5.41, 5.74) is 5.52. The topological polar surface area (TPSA) is 96.4 Å². The molecule has 0 aliphatic carbocycles. The summed E-state index contributed by atoms with van der Waals surface area (Å²) in [6.45, 7) is 2.34. The molecule has 0 atom stereocenters. The van der Waals surface area contributed by atoms with E-state index in [1.807, 2.05) is 31.2 Å². The van der Waals surface area contributed by atoms with Crippen LogP contribution in [-0.2, 0) is 9.53 Å². The number of fused-ring (bicyclic) bond motifs is 1. The van der Waals surface area contributed by atoms with E-state index in [1.54, 1.807) is 24.3 Å². The number of rotatable bonds is 8. The van der Waals surface area contributed by atoms with Gasteiger partial charge < -0.3 is 9.72 Å². The Balaban J connectivity index is 1.45. The summed E-state index contributed by atoms with van der Waals surface area (Å²) in [6.07, 6.45) is 2.30. The zero-order chi connectivity index (χ0) is 19.8. The lowest BCUT2D eigenvalue weighted by molar-refractivity contribution is -0.118. The SMILES string of the molecule is CCCOC(=O)c1ccc(/C=N/NC(=O)CSc2nc3ccccc3[nH]2)cc1. The molecule has 144 valence electrons. The summed E-state index contributed by atoms with van der Waals surface area (Å²) in [5.74, 6) is -0.387. The maximum Gasteiger partial charge on any atom is 0.338 e. The molecule has 3 rings (SSSR count). The number of para-hydroxylation sites is 2. The number of aromatic amines is 1. The van der Waals surface area contributed by atoms with Crippen LogP contribution in [0.2, 0.25) is 0 Å². The molecule has 0 aliphatic heterocycles. The summed E-state index contributed by atoms with van der Waals surface area (Å²) in [7, 11) is 0. The van der Waals surface area contributed by atoms with Crippen molar-refractivity contribution in [1.29, 1.82) is 0 Å². The molecular formula is C20H20N4O3S. The van der Waals surface area contributed by atoms with Gasteiger partial charge in [-0.15, -0.1) is 0 Å². The molecule has 1 aromatic heterocycles. The number of H-pyrrole nitrogens is 1. The van der Waals surface area contributed by atoms with Crippen molar-refractivity contribution in [3.8, 4) is 0 Å². The van der Waals surface area contributed by atoms with Gasteiger partial charge in [-0.05, 0) is 36.2 Å². The second-order valence-electron chi connectivity index (χ2n) is 5.90. The van der Waals surface area contributed by atoms with E-state index in [0.29, 0.717) is 17.3 Å². The number of thioether (sulfide) groups is 1. The molecule has 7 nitrogen and oxygen atoms in total. The molecule has 0 unspecified atom stereocenters. The molecule has 0 spiro atoms. The van der Waals surface area contributed by atoms with Gasteiger partial charge in [0.25, 0.3) is 5.91 Å². The summed E-state index contributed by atoms with van der Waals surface area (Å²) in [6, 6.07) is 14.5. The molecule has 1 amide bonds. The Bertz CT molecular complexity index is 950. The Morgan fingerprint density at radius 3 is 2.75 bits per heavy atom. The van der Waals surface area contributed by atoms with E-state index >= 15 is 0 Å². The number of hydrogen-bond acceptors (Lipinski definition) is 6. The van der Waals surface area contributed by atoms with E-state index in [4.69, 9.17) is 4.74 Å². The van der Waals surface area contributed by atoms with Crippen LogP contribution in [-0.4, -0.2) is 40.4 Å². The monoisotopic (exact) mass is 396 g/mol. The van der Waals surface area contributed by atoms with Gasteiger partial charge in [-0.1, -0.05) is 43.0 Å². The van der Waals surface area contributed by atoms with Crippen LogP contribution in [0, 0.1) is 0 Å². The van der Waals surface area contributed by atoms with E-state index in [2.05, 4.69) is 20.5 Å². The number of imidazole rings is 1. The van der Waals surface area contributed by atoms with Gasteiger partial charge >= 0.3 is 5.97 Å². The quantitative estimate of drug-likeness (QED) is 0.263. The lowest BCUT2D eigenvalue weighted by Gasteiger charge is -2.03. The molecule has 0 saturated heterocycles. The van der Waals surface area contributed by atoms with E-state index in [1.165, 1.54) is 18.0 Å². The lowest BCUT2D eigenvalue weighted by atomic mass is 10.1. The maximum absolute atomic E-state index is 11.9. The zero-order valence-electron chi connectivity index (χ0n) is 15.3. The highest BCUT2D eigenvalue weighted by Crippen LogP contribution is 2.18. The molecule has 1 heterocycles. The number of esters is 1. The standard InChI is InChI=1S/C20H20N4O3S/c1-2-11-27-19(26)15-9-7-14(8-10-15)12-21-24-18(25)13-28-20-22-16-5-3-4-6-17(16)23-20/h3-10,12H,2,11,13H2,1H3,(H,22,23)(H,24,25)/b21-12+. The lowest BCUT2D eigenvalue weighted by Crippen LogP contribution is -2.19. The molecule has 8 heteroatoms. The van der Waals surface area contributed by atoms with Crippen LogP contribution < -0.4 is 5.43 Å². The first-order valence-electron chi connectivity index (χ1n) is 8.82. The third-order valence-corrected chi connectivity index (χ3v) is 4.57. The molecule has 0 bridgehead atoms. The minimum Gasteiger partial charge on any atom is -0.462 e. The zero-order valence-corrected chi connectivity index (χ0v) is 16.2. The number of carbonyl (C=O) groups excluding carboxylic acids is 2. The number of hydrogen-bond donors (Lipinski definition) is 2. The average molecular weight is 396 g/mol. The second-order valence-corrected chi connectivity index (χ2v) is 6.86. The number of carbonyl (C=O) groups is 2. The number of aromatic nitrogens is 2. The van der Waals surface area contributed by atoms with Gasteiger partial charge in [0, 0.05) is 0 Å². The highest BCUT2D eigenvalue weighted by Gasteiger charge is 2.07. The first-order chi connectivity index (χ1) is 13.7. The summed E-state index contributed by atoms with van der Waals surface area (Å²) in [5, 5.41) is 4.62. The first-order valence-corrected chi connectivity index (χ1v) is 9.81. The van der Waals surface area contributed by atoms with Gasteiger partial charge in [0.15, 0.2) is 5.16 Å². The van der Waals surface area contributed by atoms with Gasteiger partial charge in [-0.25, -0.2) is 15.2 Å². The fourth-order valence-corrected chi connectivity index (χ4v) is 3.00. The van der Waals surface area contributed by atoms with Gasteiger partial charge in [0.1, 0.15) is 0 Å². The van der Waals surface area contributed by atoms with Crippen LogP contribution in [0.15, 0.2) is 58.8 Å². The van der Waals surface area contributed by atoms with Crippen molar-refractivity contribution in [2.45, 2.75) is 18.5 Å². The average Bonchev–Trinajstić information content (AvgIpc) is 3.14. The Morgan fingerprint density at radius 2 is 2.00 bits per heavy atom. The van der Waals surface area contributed by atoms with Crippen molar-refractivity contribution in [2.75, 3.05) is 12.4 Å². The first kappa shape index (κ1) is 19.6. The summed E-state index contributed by atoms with van der Waals surface area (Å²) < 4.78 is 5.07. The third kappa shape index (κ3) is 5.43. The van der Waals surface area contributed by atoms with Gasteiger partial charge in [-0.2, -0.15) is 5.10 Å². The Morgan fingerprint density at radius 1 is 1.21 bits per heavy atom. The molecule has 0 aliphatic rings. The molecule has 28 heavy (non-hydrogen) atoms. The van der Waals surface area contributed by atoms with Gasteiger partial charge in [0.2, 0.25) is 0 Å². The van der Waals surface area contributed by atoms with Crippen molar-refractivity contribution in [3.63, 3.8) is 0 Å². The number of benzene rings is 2. The maximum atomic E-state index is 11.9. The molecule has 2 aromatic carbocycles. The van der Waals surface area contributed by atoms with E-state index < -0.39 is 0 Å². The van der Waals surface area contributed by atoms with Gasteiger partial charge in [-0.3, -0.25) is 4.79 Å². The van der Waals surface area contributed by atoms with Crippen LogP contribution >= 0.6 is 11.8 Å². The predicted octanol–water partition coefficient (Wildman–Crippen LogP) is 3.37. The molecule has 0 saturated carbocycles. The smallest absolute Gasteiger partial charge is 0.338 e. The molecule has 0 fully saturated rings. The number of nitrogens with one attached hydrogen (secondary N) is 2. The molecule has 0 radical (unpaired) electrons. The Kier molecular flexibility index (Phi) is 6.80. The van der Waals surface area contributed by atoms with E-state index in [0.717, 1.165) is 23.0 Å². The van der Waals surface area contributed by atoms with Crippen LogP contribution in [0.4, 0.5) is 0 Å². The second kappa shape index (κ2) is 9.70. The fraction of sp³-hybridized carbons (Fsp3) is 0.200. The normalized spacial score (nSPS) is 11.0. The van der Waals surface area contributed by atoms with Crippen LogP contribution in [0.3, 0.4) is 0 Å². The highest BCUT2D eigenvalue weighted by atomic mass is 32.2. The van der Waals surface area contributed by atoms with Crippen molar-refractivity contribution in [2.24, 2.45) is 5.10 Å². The molecule has 2 N–H and O–H groups in total. The summed E-state index contributed by atoms with van der Waals surface area (Å²) >= 11 is 1.31. The predicted molar refractivity (Wildman–Crippen MR) is 110 cm³/mol. The van der Waals surface area contributed by atoms with E-state index in [-0.39, 0.29) is 17.6 Å². The van der Waals surface area contributed by atoms with E-state index in [9.17, 15) is 9.59 Å². The minimum atomic E-state index is -0.346. The van der Waals surface area contributed by atoms with Crippen molar-refractivity contribution in [3.05, 3.63) is 59.7 Å². The molecular weight excluding hydrogens is 376 g/mol. The van der Waals surface area contributed by atoms with Crippen LogP contribution in [0.1, 0.15) is 29.3 Å². The van der Waals surface area contributed by atoms with Crippen molar-refractivity contribution in [1.82, 2.24) is 15.4 Å². The molecule has 3 aromatic rings. The Hall–Kier alpha value is -3.13. The minimum absolute atomic E-state index is 0.194. The number of hydrazone groups is 1. The fourth-order valence-electron chi connectivity index (χ4n) is 2.33. The largest absolute Gasteiger partial charge is 0.462 e. The van der Waals surface area contributed by atoms with Gasteiger partial charge in [0.05, 0.1) is 35.2 Å². The Labute approximate surface area is 166 Å². The number of nitrogens with zero attached hydrogens (tertiary/aromatic N) is 2. The number of amides is 1. The number of ether oxygens (including phenoxy) is 1. The summed E-state index contributed by atoms with van der Waals surface area (Å²) in [4.78, 5) is 31.2. The van der Waals surface area contributed by atoms with Crippen molar-refractivity contribution >= 4 is 40.9 Å². The van der Waals surface area contributed by atoms with Crippen molar-refractivity contribution < 1.29 is 14.3 Å². The third-order valence-electron chi connectivity index (χ3n) is 3.69. The van der Waals surface area contributed by atoms with Crippen LogP contribution in [0.5, 0.6) is 0 Å². The van der Waals surface area contributed by atoms with Crippen LogP contribution in [0.25, 0.3) is 11.0 Å². The highest BCUT2D eigenvalue weighted by molar-refractivity contribution is 7.99.